The number of nitrogens with zero attached hydrogens (tertiary/aromatic N) is 1. The van der Waals surface area contributed by atoms with Gasteiger partial charge in [0.1, 0.15) is 0 Å². The van der Waals surface area contributed by atoms with Crippen molar-refractivity contribution in [3.8, 4) is 0 Å². The monoisotopic (exact) mass is 388 g/mol. The van der Waals surface area contributed by atoms with Gasteiger partial charge in [0.2, 0.25) is 11.8 Å². The van der Waals surface area contributed by atoms with Crippen LogP contribution >= 0.6 is 11.6 Å². The minimum absolute atomic E-state index is 0.0429. The molecule has 0 spiro atoms. The van der Waals surface area contributed by atoms with Gasteiger partial charge in [-0.2, -0.15) is 0 Å². The molecule has 2 rings (SSSR count). The Kier molecular flexibility index (Phi) is 6.79. The molecule has 0 atom stereocenters. The van der Waals surface area contributed by atoms with Crippen molar-refractivity contribution >= 4 is 46.4 Å². The molecule has 142 valence electrons. The summed E-state index contributed by atoms with van der Waals surface area (Å²) in [7, 11) is 3.32. The zero-order valence-electron chi connectivity index (χ0n) is 15.3. The number of hydrogen-bond donors (Lipinski definition) is 3. The molecule has 0 saturated carbocycles. The first-order chi connectivity index (χ1) is 12.8. The second-order valence-electron chi connectivity index (χ2n) is 6.05. The predicted molar refractivity (Wildman–Crippen MR) is 107 cm³/mol. The van der Waals surface area contributed by atoms with Crippen LogP contribution in [-0.4, -0.2) is 43.3 Å². The number of rotatable bonds is 6. The van der Waals surface area contributed by atoms with Gasteiger partial charge in [-0.3, -0.25) is 14.4 Å². The maximum atomic E-state index is 12.2. The highest BCUT2D eigenvalue weighted by molar-refractivity contribution is 6.31. The normalized spacial score (nSPS) is 10.1. The third-order valence-corrected chi connectivity index (χ3v) is 3.77. The molecule has 0 radical (unpaired) electrons. The second kappa shape index (κ2) is 9.05. The van der Waals surface area contributed by atoms with E-state index >= 15 is 0 Å². The molecule has 3 amide bonds. The van der Waals surface area contributed by atoms with Gasteiger partial charge in [0, 0.05) is 37.3 Å². The molecular formula is C19H21ClN4O3. The summed E-state index contributed by atoms with van der Waals surface area (Å²) < 4.78 is 0. The van der Waals surface area contributed by atoms with Crippen LogP contribution in [0.15, 0.2) is 42.5 Å². The molecule has 0 fully saturated rings. The van der Waals surface area contributed by atoms with Gasteiger partial charge in [-0.05, 0) is 36.4 Å². The summed E-state index contributed by atoms with van der Waals surface area (Å²) in [4.78, 5) is 37.0. The molecule has 0 bridgehead atoms. The summed E-state index contributed by atoms with van der Waals surface area (Å²) in [5.74, 6) is -0.687. The average molecular weight is 389 g/mol. The fourth-order valence-electron chi connectivity index (χ4n) is 2.33. The molecule has 7 nitrogen and oxygen atoms in total. The summed E-state index contributed by atoms with van der Waals surface area (Å²) in [6.07, 6.45) is 0. The number of nitrogens with one attached hydrogen (secondary N) is 3. The van der Waals surface area contributed by atoms with Gasteiger partial charge in [-0.25, -0.2) is 0 Å². The first-order valence-corrected chi connectivity index (χ1v) is 8.56. The Morgan fingerprint density at radius 1 is 1.00 bits per heavy atom. The fraction of sp³-hybridized carbons (Fsp3) is 0.211. The number of carbonyl (C=O) groups excluding carboxylic acids is 3. The van der Waals surface area contributed by atoms with Crippen molar-refractivity contribution in [1.82, 2.24) is 4.90 Å². The Hall–Kier alpha value is -3.06. The Balaban J connectivity index is 2.03. The molecule has 0 aliphatic carbocycles. The Labute approximate surface area is 162 Å². The molecule has 0 aliphatic heterocycles. The number of hydrogen-bond acceptors (Lipinski definition) is 4. The zero-order valence-corrected chi connectivity index (χ0v) is 16.1. The van der Waals surface area contributed by atoms with E-state index in [-0.39, 0.29) is 24.3 Å². The summed E-state index contributed by atoms with van der Waals surface area (Å²) in [5.41, 5.74) is 2.05. The van der Waals surface area contributed by atoms with E-state index in [0.717, 1.165) is 0 Å². The summed E-state index contributed by atoms with van der Waals surface area (Å²) >= 11 is 5.98. The highest BCUT2D eigenvalue weighted by Crippen LogP contribution is 2.25. The molecule has 0 aromatic heterocycles. The molecule has 0 aliphatic rings. The van der Waals surface area contributed by atoms with Crippen LogP contribution < -0.4 is 16.0 Å². The number of amides is 3. The average Bonchev–Trinajstić information content (AvgIpc) is 2.61. The van der Waals surface area contributed by atoms with E-state index in [1.807, 2.05) is 0 Å². The Bertz CT molecular complexity index is 868. The Morgan fingerprint density at radius 2 is 1.74 bits per heavy atom. The molecular weight excluding hydrogens is 368 g/mol. The van der Waals surface area contributed by atoms with Crippen LogP contribution in [0.25, 0.3) is 0 Å². The van der Waals surface area contributed by atoms with Crippen molar-refractivity contribution in [3.63, 3.8) is 0 Å². The van der Waals surface area contributed by atoms with Crippen molar-refractivity contribution in [1.29, 1.82) is 0 Å². The number of carbonyl (C=O) groups is 3. The molecule has 2 aromatic carbocycles. The van der Waals surface area contributed by atoms with Crippen LogP contribution in [0.4, 0.5) is 17.1 Å². The second-order valence-corrected chi connectivity index (χ2v) is 6.49. The van der Waals surface area contributed by atoms with Crippen molar-refractivity contribution in [2.24, 2.45) is 0 Å². The molecule has 3 N–H and O–H groups in total. The van der Waals surface area contributed by atoms with Gasteiger partial charge in [-0.15, -0.1) is 0 Å². The van der Waals surface area contributed by atoms with E-state index in [0.29, 0.717) is 27.6 Å². The van der Waals surface area contributed by atoms with E-state index in [1.165, 1.54) is 11.8 Å². The van der Waals surface area contributed by atoms with Gasteiger partial charge < -0.3 is 20.9 Å². The number of anilines is 3. The topological polar surface area (TPSA) is 90.5 Å². The molecule has 0 saturated heterocycles. The maximum absolute atomic E-state index is 12.2. The van der Waals surface area contributed by atoms with E-state index in [9.17, 15) is 14.4 Å². The van der Waals surface area contributed by atoms with Crippen molar-refractivity contribution in [2.45, 2.75) is 6.92 Å². The quantitative estimate of drug-likeness (QED) is 0.709. The van der Waals surface area contributed by atoms with Crippen LogP contribution in [0.1, 0.15) is 17.3 Å². The minimum Gasteiger partial charge on any atom is -0.374 e. The standard InChI is InChI=1S/C19H21ClN4O3/c1-12(25)22-16-8-7-14(20)10-17(16)21-11-18(26)23-15-6-4-5-13(9-15)19(27)24(2)3/h4-10,21H,11H2,1-3H3,(H,22,25)(H,23,26). The minimum atomic E-state index is -0.307. The SMILES string of the molecule is CC(=O)Nc1ccc(Cl)cc1NCC(=O)Nc1cccc(C(=O)N(C)C)c1. The van der Waals surface area contributed by atoms with Crippen molar-refractivity contribution in [2.75, 3.05) is 36.6 Å². The fourth-order valence-corrected chi connectivity index (χ4v) is 2.50. The predicted octanol–water partition coefficient (Wildman–Crippen LogP) is 3.05. The van der Waals surface area contributed by atoms with E-state index < -0.39 is 0 Å². The first-order valence-electron chi connectivity index (χ1n) is 8.19. The zero-order chi connectivity index (χ0) is 20.0. The van der Waals surface area contributed by atoms with Gasteiger partial charge in [0.05, 0.1) is 17.9 Å². The molecule has 2 aromatic rings. The van der Waals surface area contributed by atoms with E-state index in [1.54, 1.807) is 56.6 Å². The van der Waals surface area contributed by atoms with Crippen LogP contribution in [0.5, 0.6) is 0 Å². The number of halogens is 1. The van der Waals surface area contributed by atoms with Crippen LogP contribution in [-0.2, 0) is 9.59 Å². The van der Waals surface area contributed by atoms with Crippen LogP contribution in [0.3, 0.4) is 0 Å². The molecule has 27 heavy (non-hydrogen) atoms. The van der Waals surface area contributed by atoms with E-state index in [4.69, 9.17) is 11.6 Å². The van der Waals surface area contributed by atoms with Gasteiger partial charge >= 0.3 is 0 Å². The molecule has 0 heterocycles. The van der Waals surface area contributed by atoms with Gasteiger partial charge in [-0.1, -0.05) is 17.7 Å². The number of benzene rings is 2. The van der Waals surface area contributed by atoms with Gasteiger partial charge in [0.15, 0.2) is 0 Å². The highest BCUT2D eigenvalue weighted by Gasteiger charge is 2.11. The lowest BCUT2D eigenvalue weighted by Crippen LogP contribution is -2.24. The Morgan fingerprint density at radius 3 is 2.41 bits per heavy atom. The van der Waals surface area contributed by atoms with E-state index in [2.05, 4.69) is 16.0 Å². The summed E-state index contributed by atoms with van der Waals surface area (Å²) in [6, 6.07) is 11.6. The summed E-state index contributed by atoms with van der Waals surface area (Å²) in [5, 5.41) is 8.82. The van der Waals surface area contributed by atoms with Crippen molar-refractivity contribution in [3.05, 3.63) is 53.1 Å². The largest absolute Gasteiger partial charge is 0.374 e. The lowest BCUT2D eigenvalue weighted by Gasteiger charge is -2.14. The first kappa shape index (κ1) is 20.3. The summed E-state index contributed by atoms with van der Waals surface area (Å²) in [6.45, 7) is 1.35. The van der Waals surface area contributed by atoms with Crippen molar-refractivity contribution < 1.29 is 14.4 Å². The lowest BCUT2D eigenvalue weighted by molar-refractivity contribution is -0.115. The third-order valence-electron chi connectivity index (χ3n) is 3.53. The maximum Gasteiger partial charge on any atom is 0.253 e. The van der Waals surface area contributed by atoms with Gasteiger partial charge in [0.25, 0.3) is 5.91 Å². The molecule has 0 unspecified atom stereocenters. The lowest BCUT2D eigenvalue weighted by atomic mass is 10.2. The molecule has 8 heteroatoms. The highest BCUT2D eigenvalue weighted by atomic mass is 35.5. The smallest absolute Gasteiger partial charge is 0.253 e. The van der Waals surface area contributed by atoms with Crippen LogP contribution in [0.2, 0.25) is 5.02 Å². The van der Waals surface area contributed by atoms with Crippen LogP contribution in [0, 0.1) is 0 Å². The third kappa shape index (κ3) is 6.00.